The SMILES string of the molecule is CNc1nc(-c2ccc(C)cn2)nc(C2CCCC2)c1I. The van der Waals surface area contributed by atoms with Crippen molar-refractivity contribution in [1.29, 1.82) is 0 Å². The van der Waals surface area contributed by atoms with Crippen molar-refractivity contribution in [2.24, 2.45) is 0 Å². The molecule has 0 aliphatic heterocycles. The zero-order chi connectivity index (χ0) is 14.8. The Morgan fingerprint density at radius 2 is 1.95 bits per heavy atom. The molecule has 1 N–H and O–H groups in total. The van der Waals surface area contributed by atoms with Crippen LogP contribution in [0.4, 0.5) is 5.82 Å². The molecule has 0 unspecified atom stereocenters. The van der Waals surface area contributed by atoms with Gasteiger partial charge in [0.25, 0.3) is 0 Å². The van der Waals surface area contributed by atoms with E-state index in [2.05, 4.69) is 43.9 Å². The third-order valence-electron chi connectivity index (χ3n) is 4.00. The molecule has 4 nitrogen and oxygen atoms in total. The van der Waals surface area contributed by atoms with Gasteiger partial charge in [-0.1, -0.05) is 18.9 Å². The Kier molecular flexibility index (Phi) is 4.37. The normalized spacial score (nSPS) is 15.4. The van der Waals surface area contributed by atoms with Gasteiger partial charge in [-0.25, -0.2) is 9.97 Å². The number of hydrogen-bond acceptors (Lipinski definition) is 4. The molecule has 1 saturated carbocycles. The molecule has 2 aromatic rings. The van der Waals surface area contributed by atoms with E-state index >= 15 is 0 Å². The minimum atomic E-state index is 0.566. The molecule has 0 aromatic carbocycles. The fourth-order valence-electron chi connectivity index (χ4n) is 2.81. The zero-order valence-corrected chi connectivity index (χ0v) is 14.5. The second kappa shape index (κ2) is 6.25. The van der Waals surface area contributed by atoms with Crippen LogP contribution in [0.2, 0.25) is 0 Å². The highest BCUT2D eigenvalue weighted by Crippen LogP contribution is 2.37. The molecule has 3 rings (SSSR count). The molecular formula is C16H19IN4. The molecule has 2 aromatic heterocycles. The van der Waals surface area contributed by atoms with Gasteiger partial charge in [-0.15, -0.1) is 0 Å². The Bertz CT molecular complexity index is 633. The van der Waals surface area contributed by atoms with Crippen molar-refractivity contribution < 1.29 is 0 Å². The first-order chi connectivity index (χ1) is 10.2. The van der Waals surface area contributed by atoms with Crippen LogP contribution in [0.3, 0.4) is 0 Å². The van der Waals surface area contributed by atoms with Crippen molar-refractivity contribution in [2.45, 2.75) is 38.5 Å². The van der Waals surface area contributed by atoms with Gasteiger partial charge in [0.1, 0.15) is 11.5 Å². The molecule has 0 bridgehead atoms. The first kappa shape index (κ1) is 14.7. The number of aromatic nitrogens is 3. The maximum atomic E-state index is 4.84. The lowest BCUT2D eigenvalue weighted by Gasteiger charge is -2.15. The van der Waals surface area contributed by atoms with E-state index < -0.39 is 0 Å². The Balaban J connectivity index is 2.08. The minimum Gasteiger partial charge on any atom is -0.372 e. The number of nitrogens with zero attached hydrogens (tertiary/aromatic N) is 3. The molecular weight excluding hydrogens is 375 g/mol. The molecule has 1 aliphatic carbocycles. The largest absolute Gasteiger partial charge is 0.372 e. The van der Waals surface area contributed by atoms with Crippen molar-refractivity contribution in [3.63, 3.8) is 0 Å². The van der Waals surface area contributed by atoms with Crippen molar-refractivity contribution >= 4 is 28.4 Å². The van der Waals surface area contributed by atoms with Crippen molar-refractivity contribution in [3.8, 4) is 11.5 Å². The van der Waals surface area contributed by atoms with E-state index in [0.29, 0.717) is 5.92 Å². The van der Waals surface area contributed by atoms with Crippen LogP contribution in [0.25, 0.3) is 11.5 Å². The predicted molar refractivity (Wildman–Crippen MR) is 93.5 cm³/mol. The van der Waals surface area contributed by atoms with Crippen LogP contribution in [-0.2, 0) is 0 Å². The topological polar surface area (TPSA) is 50.7 Å². The fourth-order valence-corrected chi connectivity index (χ4v) is 3.77. The highest BCUT2D eigenvalue weighted by Gasteiger charge is 2.24. The Morgan fingerprint density at radius 3 is 2.57 bits per heavy atom. The van der Waals surface area contributed by atoms with E-state index in [1.54, 1.807) is 0 Å². The van der Waals surface area contributed by atoms with E-state index in [4.69, 9.17) is 4.98 Å². The number of rotatable bonds is 3. The summed E-state index contributed by atoms with van der Waals surface area (Å²) in [5.74, 6) is 2.20. The third kappa shape index (κ3) is 3.02. The van der Waals surface area contributed by atoms with E-state index in [0.717, 1.165) is 26.5 Å². The number of aryl methyl sites for hydroxylation is 1. The van der Waals surface area contributed by atoms with Gasteiger partial charge in [-0.2, -0.15) is 0 Å². The molecule has 0 saturated heterocycles. The minimum absolute atomic E-state index is 0.566. The highest BCUT2D eigenvalue weighted by molar-refractivity contribution is 14.1. The molecule has 2 heterocycles. The average Bonchev–Trinajstić information content (AvgIpc) is 3.02. The van der Waals surface area contributed by atoms with Crippen molar-refractivity contribution in [2.75, 3.05) is 12.4 Å². The van der Waals surface area contributed by atoms with Gasteiger partial charge >= 0.3 is 0 Å². The summed E-state index contributed by atoms with van der Waals surface area (Å²) >= 11 is 2.36. The van der Waals surface area contributed by atoms with Gasteiger partial charge in [0.05, 0.1) is 9.26 Å². The van der Waals surface area contributed by atoms with E-state index in [9.17, 15) is 0 Å². The monoisotopic (exact) mass is 394 g/mol. The van der Waals surface area contributed by atoms with Gasteiger partial charge in [-0.3, -0.25) is 4.98 Å². The number of pyridine rings is 1. The van der Waals surface area contributed by atoms with Crippen molar-refractivity contribution in [1.82, 2.24) is 15.0 Å². The van der Waals surface area contributed by atoms with Crippen LogP contribution < -0.4 is 5.32 Å². The number of nitrogens with one attached hydrogen (secondary N) is 1. The Morgan fingerprint density at radius 1 is 1.19 bits per heavy atom. The van der Waals surface area contributed by atoms with Crippen LogP contribution in [0.5, 0.6) is 0 Å². The summed E-state index contributed by atoms with van der Waals surface area (Å²) < 4.78 is 1.15. The quantitative estimate of drug-likeness (QED) is 0.795. The Hall–Kier alpha value is -1.24. The summed E-state index contributed by atoms with van der Waals surface area (Å²) in [5.41, 5.74) is 3.17. The summed E-state index contributed by atoms with van der Waals surface area (Å²) in [6, 6.07) is 4.05. The van der Waals surface area contributed by atoms with Crippen LogP contribution in [0, 0.1) is 10.5 Å². The molecule has 1 aliphatic rings. The van der Waals surface area contributed by atoms with Gasteiger partial charge in [0.15, 0.2) is 5.82 Å². The van der Waals surface area contributed by atoms with Gasteiger partial charge in [-0.05, 0) is 54.0 Å². The summed E-state index contributed by atoms with van der Waals surface area (Å²) in [4.78, 5) is 13.9. The molecule has 21 heavy (non-hydrogen) atoms. The zero-order valence-electron chi connectivity index (χ0n) is 12.4. The average molecular weight is 394 g/mol. The van der Waals surface area contributed by atoms with Crippen LogP contribution >= 0.6 is 22.6 Å². The smallest absolute Gasteiger partial charge is 0.180 e. The third-order valence-corrected chi connectivity index (χ3v) is 5.06. The summed E-state index contributed by atoms with van der Waals surface area (Å²) in [6.07, 6.45) is 6.94. The van der Waals surface area contributed by atoms with Gasteiger partial charge in [0, 0.05) is 19.2 Å². The van der Waals surface area contributed by atoms with E-state index in [-0.39, 0.29) is 0 Å². The predicted octanol–water partition coefficient (Wildman–Crippen LogP) is 4.15. The summed E-state index contributed by atoms with van der Waals surface area (Å²) in [5, 5.41) is 3.19. The van der Waals surface area contributed by atoms with E-state index in [1.165, 1.54) is 31.4 Å². The van der Waals surface area contributed by atoms with Crippen LogP contribution in [-0.4, -0.2) is 22.0 Å². The standard InChI is InChI=1S/C16H19IN4/c1-10-7-8-12(19-9-10)15-20-14(11-5-3-4-6-11)13(17)16(18-2)21-15/h7-9,11H,3-6H2,1-2H3,(H,18,20,21). The molecule has 0 atom stereocenters. The fraction of sp³-hybridized carbons (Fsp3) is 0.438. The number of anilines is 1. The van der Waals surface area contributed by atoms with Crippen LogP contribution in [0.1, 0.15) is 42.9 Å². The number of hydrogen-bond donors (Lipinski definition) is 1. The van der Waals surface area contributed by atoms with Crippen molar-refractivity contribution in [3.05, 3.63) is 33.2 Å². The van der Waals surface area contributed by atoms with Gasteiger partial charge in [0.2, 0.25) is 0 Å². The maximum absolute atomic E-state index is 4.84. The van der Waals surface area contributed by atoms with Crippen LogP contribution in [0.15, 0.2) is 18.3 Å². The first-order valence-corrected chi connectivity index (χ1v) is 8.45. The Labute approximate surface area is 139 Å². The lowest BCUT2D eigenvalue weighted by molar-refractivity contribution is 0.690. The number of halogens is 1. The molecule has 1 fully saturated rings. The molecule has 0 spiro atoms. The second-order valence-electron chi connectivity index (χ2n) is 5.55. The molecule has 0 radical (unpaired) electrons. The molecule has 0 amide bonds. The lowest BCUT2D eigenvalue weighted by Crippen LogP contribution is -2.08. The molecule has 5 heteroatoms. The maximum Gasteiger partial charge on any atom is 0.180 e. The lowest BCUT2D eigenvalue weighted by atomic mass is 10.0. The summed E-state index contributed by atoms with van der Waals surface area (Å²) in [6.45, 7) is 2.04. The van der Waals surface area contributed by atoms with E-state index in [1.807, 2.05) is 26.2 Å². The highest BCUT2D eigenvalue weighted by atomic mass is 127. The summed E-state index contributed by atoms with van der Waals surface area (Å²) in [7, 11) is 1.91. The molecule has 110 valence electrons. The first-order valence-electron chi connectivity index (χ1n) is 7.37. The second-order valence-corrected chi connectivity index (χ2v) is 6.63. The van der Waals surface area contributed by atoms with Gasteiger partial charge < -0.3 is 5.32 Å².